The van der Waals surface area contributed by atoms with E-state index in [1.807, 2.05) is 42.5 Å². The summed E-state index contributed by atoms with van der Waals surface area (Å²) in [5, 5.41) is 8.67. The zero-order valence-electron chi connectivity index (χ0n) is 26.6. The van der Waals surface area contributed by atoms with Gasteiger partial charge in [0.25, 0.3) is 0 Å². The second kappa shape index (κ2) is 12.3. The van der Waals surface area contributed by atoms with Crippen molar-refractivity contribution < 1.29 is 33.1 Å². The molecular weight excluding hydrogens is 600 g/mol. The third-order valence-electron chi connectivity index (χ3n) is 8.86. The second-order valence-electron chi connectivity index (χ2n) is 11.4. The molecule has 1 N–H and O–H groups in total. The van der Waals surface area contributed by atoms with Gasteiger partial charge in [0.15, 0.2) is 23.0 Å². The fourth-order valence-corrected chi connectivity index (χ4v) is 6.52. The Labute approximate surface area is 271 Å². The molecule has 2 heterocycles. The van der Waals surface area contributed by atoms with Gasteiger partial charge in [-0.15, -0.1) is 0 Å². The highest BCUT2D eigenvalue weighted by Gasteiger charge is 2.34. The molecule has 0 bridgehead atoms. The molecule has 240 valence electrons. The van der Waals surface area contributed by atoms with E-state index in [0.29, 0.717) is 62.8 Å². The molecule has 0 radical (unpaired) electrons. The number of ketones is 1. The monoisotopic (exact) mass is 634 g/mol. The minimum atomic E-state index is -0.417. The third kappa shape index (κ3) is 5.18. The van der Waals surface area contributed by atoms with Gasteiger partial charge in [0.05, 0.1) is 56.3 Å². The van der Waals surface area contributed by atoms with Gasteiger partial charge < -0.3 is 33.7 Å². The first-order chi connectivity index (χ1) is 22.9. The summed E-state index contributed by atoms with van der Waals surface area (Å²) in [6, 6.07) is 20.3. The van der Waals surface area contributed by atoms with Gasteiger partial charge in [-0.1, -0.05) is 35.5 Å². The number of ether oxygens (including phenoxy) is 4. The normalized spacial score (nSPS) is 14.1. The summed E-state index contributed by atoms with van der Waals surface area (Å²) in [5.41, 5.74) is 6.14. The van der Waals surface area contributed by atoms with Gasteiger partial charge in [0.2, 0.25) is 5.75 Å². The standard InChI is InChI=1S/C36H34N4O7/c1-43-28-14-11-22(33(44-2)35(28)45-3)20-39-15-17-40(18-16-39)27-19-26(37-23-12-9-21(10-13-23)36(42)46-4)29-30-31(27)38-47-34(30)25-8-6-5-7-24(25)32(29)41/h5-14,19,37H,15-18,20H2,1-4H3. The average molecular weight is 635 g/mol. The number of anilines is 3. The Kier molecular flexibility index (Phi) is 7.90. The largest absolute Gasteiger partial charge is 0.493 e. The lowest BCUT2D eigenvalue weighted by molar-refractivity contribution is 0.0600. The van der Waals surface area contributed by atoms with E-state index >= 15 is 0 Å². The summed E-state index contributed by atoms with van der Waals surface area (Å²) in [4.78, 5) is 30.7. The number of benzene rings is 4. The Morgan fingerprint density at radius 1 is 0.872 bits per heavy atom. The molecule has 11 heteroatoms. The van der Waals surface area contributed by atoms with Crippen LogP contribution < -0.4 is 24.4 Å². The highest BCUT2D eigenvalue weighted by molar-refractivity contribution is 6.28. The molecule has 0 spiro atoms. The number of hydrogen-bond acceptors (Lipinski definition) is 11. The van der Waals surface area contributed by atoms with Crippen molar-refractivity contribution >= 4 is 39.7 Å². The molecule has 0 atom stereocenters. The predicted octanol–water partition coefficient (Wildman–Crippen LogP) is 5.92. The molecule has 0 amide bonds. The van der Waals surface area contributed by atoms with E-state index in [1.54, 1.807) is 45.6 Å². The first kappa shape index (κ1) is 30.1. The minimum Gasteiger partial charge on any atom is -0.493 e. The Balaban J connectivity index is 1.22. The number of nitrogens with zero attached hydrogens (tertiary/aromatic N) is 3. The van der Waals surface area contributed by atoms with Crippen LogP contribution in [0.5, 0.6) is 17.2 Å². The molecule has 1 aliphatic heterocycles. The molecule has 11 nitrogen and oxygen atoms in total. The first-order valence-corrected chi connectivity index (χ1v) is 15.3. The van der Waals surface area contributed by atoms with Gasteiger partial charge in [0.1, 0.15) is 5.52 Å². The molecule has 1 fully saturated rings. The SMILES string of the molecule is COC(=O)c1ccc(Nc2cc(N3CCN(Cc4ccc(OC)c(OC)c4OC)CC3)c3noc4c3c2C(=O)c2ccccc2-4)cc1. The number of nitrogens with one attached hydrogen (secondary N) is 1. The Bertz CT molecular complexity index is 2000. The minimum absolute atomic E-state index is 0.102. The Morgan fingerprint density at radius 3 is 2.28 bits per heavy atom. The number of esters is 1. The van der Waals surface area contributed by atoms with Crippen LogP contribution in [0.1, 0.15) is 31.8 Å². The number of hydrogen-bond donors (Lipinski definition) is 1. The number of rotatable bonds is 9. The molecule has 5 aromatic rings. The van der Waals surface area contributed by atoms with Crippen LogP contribution in [0.2, 0.25) is 0 Å². The maximum atomic E-state index is 14.0. The average Bonchev–Trinajstić information content (AvgIpc) is 3.56. The Morgan fingerprint density at radius 2 is 1.60 bits per heavy atom. The smallest absolute Gasteiger partial charge is 0.337 e. The molecule has 4 aromatic carbocycles. The van der Waals surface area contributed by atoms with Crippen LogP contribution in [-0.2, 0) is 11.3 Å². The lowest BCUT2D eigenvalue weighted by Gasteiger charge is -2.36. The number of methoxy groups -OCH3 is 4. The number of piperazine rings is 1. The summed E-state index contributed by atoms with van der Waals surface area (Å²) in [6.45, 7) is 3.70. The molecule has 1 aromatic heterocycles. The summed E-state index contributed by atoms with van der Waals surface area (Å²) in [6.07, 6.45) is 0. The topological polar surface area (TPSA) is 116 Å². The molecule has 0 saturated carbocycles. The Hall–Kier alpha value is -5.55. The van der Waals surface area contributed by atoms with E-state index in [-0.39, 0.29) is 5.78 Å². The van der Waals surface area contributed by atoms with Crippen LogP contribution in [0.25, 0.3) is 22.2 Å². The molecule has 7 rings (SSSR count). The van der Waals surface area contributed by atoms with E-state index in [2.05, 4.69) is 20.3 Å². The summed E-state index contributed by atoms with van der Waals surface area (Å²) < 4.78 is 27.6. The van der Waals surface area contributed by atoms with E-state index in [0.717, 1.165) is 48.7 Å². The second-order valence-corrected chi connectivity index (χ2v) is 11.4. The highest BCUT2D eigenvalue weighted by Crippen LogP contribution is 2.47. The highest BCUT2D eigenvalue weighted by atomic mass is 16.5. The zero-order valence-corrected chi connectivity index (χ0v) is 26.6. The summed E-state index contributed by atoms with van der Waals surface area (Å²) in [7, 11) is 6.20. The molecule has 1 saturated heterocycles. The summed E-state index contributed by atoms with van der Waals surface area (Å²) in [5.74, 6) is 1.92. The van der Waals surface area contributed by atoms with Crippen molar-refractivity contribution in [1.29, 1.82) is 0 Å². The lowest BCUT2D eigenvalue weighted by atomic mass is 9.86. The maximum absolute atomic E-state index is 14.0. The van der Waals surface area contributed by atoms with E-state index < -0.39 is 5.97 Å². The van der Waals surface area contributed by atoms with Gasteiger partial charge in [0, 0.05) is 55.1 Å². The van der Waals surface area contributed by atoms with Crippen molar-refractivity contribution in [3.8, 4) is 28.6 Å². The first-order valence-electron chi connectivity index (χ1n) is 15.3. The molecule has 0 unspecified atom stereocenters. The van der Waals surface area contributed by atoms with Gasteiger partial charge in [-0.2, -0.15) is 0 Å². The molecule has 1 aliphatic carbocycles. The van der Waals surface area contributed by atoms with Gasteiger partial charge >= 0.3 is 5.97 Å². The predicted molar refractivity (Wildman–Crippen MR) is 178 cm³/mol. The van der Waals surface area contributed by atoms with Crippen molar-refractivity contribution in [3.63, 3.8) is 0 Å². The number of fused-ring (bicyclic) bond motifs is 2. The van der Waals surface area contributed by atoms with Crippen LogP contribution in [0.4, 0.5) is 17.1 Å². The van der Waals surface area contributed by atoms with E-state index in [4.69, 9.17) is 23.5 Å². The third-order valence-corrected chi connectivity index (χ3v) is 8.86. The van der Waals surface area contributed by atoms with Crippen molar-refractivity contribution in [3.05, 3.63) is 89.0 Å². The van der Waals surface area contributed by atoms with Crippen LogP contribution in [0.15, 0.2) is 71.3 Å². The van der Waals surface area contributed by atoms with Crippen molar-refractivity contribution in [2.75, 3.05) is 64.8 Å². The number of aromatic nitrogens is 1. The maximum Gasteiger partial charge on any atom is 0.337 e. The molecular formula is C36H34N4O7. The fraction of sp³-hybridized carbons (Fsp3) is 0.250. The molecule has 2 aliphatic rings. The van der Waals surface area contributed by atoms with Gasteiger partial charge in [-0.25, -0.2) is 4.79 Å². The number of carbonyl (C=O) groups is 2. The molecule has 47 heavy (non-hydrogen) atoms. The van der Waals surface area contributed by atoms with Crippen molar-refractivity contribution in [2.24, 2.45) is 0 Å². The van der Waals surface area contributed by atoms with Crippen LogP contribution in [0, 0.1) is 0 Å². The van der Waals surface area contributed by atoms with Crippen LogP contribution >= 0.6 is 0 Å². The van der Waals surface area contributed by atoms with E-state index in [9.17, 15) is 9.59 Å². The van der Waals surface area contributed by atoms with Gasteiger partial charge in [-0.05, 0) is 36.4 Å². The van der Waals surface area contributed by atoms with Crippen LogP contribution in [-0.4, -0.2) is 76.4 Å². The quantitative estimate of drug-likeness (QED) is 0.191. The summed E-state index contributed by atoms with van der Waals surface area (Å²) >= 11 is 0. The van der Waals surface area contributed by atoms with Crippen molar-refractivity contribution in [1.82, 2.24) is 10.1 Å². The van der Waals surface area contributed by atoms with Gasteiger partial charge in [-0.3, -0.25) is 9.69 Å². The zero-order chi connectivity index (χ0) is 32.7. The van der Waals surface area contributed by atoms with Crippen molar-refractivity contribution in [2.45, 2.75) is 6.54 Å². The number of carbonyl (C=O) groups excluding carboxylic acids is 2. The van der Waals surface area contributed by atoms with Crippen LogP contribution in [0.3, 0.4) is 0 Å². The fourth-order valence-electron chi connectivity index (χ4n) is 6.52. The van der Waals surface area contributed by atoms with E-state index in [1.165, 1.54) is 7.11 Å². The lowest BCUT2D eigenvalue weighted by Crippen LogP contribution is -2.46.